The molecule has 0 aliphatic rings. The van der Waals surface area contributed by atoms with Gasteiger partial charge >= 0.3 is 10.3 Å². The standard InChI is InChI=1S/C28H31N3O3S2/c1-2-25-20-35-28(30-25)27(18-22-13-15-26(16-14-22)31-36(32,33)34)29-19-24(23-11-7-4-8-12-23)17-21-9-5-3-6-10-21/h3-16,20,24,27,29,31H,2,17-19H2,1H3,(H,32,33,34)/t24?,27-/m0/s1. The molecule has 0 spiro atoms. The molecule has 0 bridgehead atoms. The van der Waals surface area contributed by atoms with Crippen LogP contribution in [0.2, 0.25) is 0 Å². The summed E-state index contributed by atoms with van der Waals surface area (Å²) in [6.07, 6.45) is 2.52. The van der Waals surface area contributed by atoms with Gasteiger partial charge in [0.05, 0.1) is 17.4 Å². The minimum Gasteiger partial charge on any atom is -0.307 e. The number of hydrogen-bond acceptors (Lipinski definition) is 5. The second kappa shape index (κ2) is 12.3. The summed E-state index contributed by atoms with van der Waals surface area (Å²) >= 11 is 1.67. The Kier molecular flexibility index (Phi) is 8.88. The normalized spacial score (nSPS) is 13.3. The number of benzene rings is 3. The van der Waals surface area contributed by atoms with Gasteiger partial charge in [0, 0.05) is 17.8 Å². The van der Waals surface area contributed by atoms with E-state index >= 15 is 0 Å². The Hall–Kier alpha value is -3.04. The van der Waals surface area contributed by atoms with Crippen molar-refractivity contribution in [2.75, 3.05) is 11.3 Å². The smallest absolute Gasteiger partial charge is 0.307 e. The maximum atomic E-state index is 11.1. The molecule has 2 atom stereocenters. The molecule has 4 aromatic rings. The first-order valence-corrected chi connectivity index (χ1v) is 14.3. The van der Waals surface area contributed by atoms with Gasteiger partial charge < -0.3 is 5.32 Å². The average molecular weight is 522 g/mol. The third-order valence-corrected chi connectivity index (χ3v) is 7.58. The lowest BCUT2D eigenvalue weighted by molar-refractivity contribution is 0.487. The molecule has 36 heavy (non-hydrogen) atoms. The van der Waals surface area contributed by atoms with Crippen LogP contribution in [-0.4, -0.2) is 24.5 Å². The monoisotopic (exact) mass is 521 g/mol. The quantitative estimate of drug-likeness (QED) is 0.204. The number of nitrogens with zero attached hydrogens (tertiary/aromatic N) is 1. The Labute approximate surface area is 217 Å². The Morgan fingerprint density at radius 1 is 0.889 bits per heavy atom. The summed E-state index contributed by atoms with van der Waals surface area (Å²) in [5, 5.41) is 6.94. The highest BCUT2D eigenvalue weighted by molar-refractivity contribution is 7.87. The van der Waals surface area contributed by atoms with Gasteiger partial charge in [0.1, 0.15) is 5.01 Å². The van der Waals surface area contributed by atoms with E-state index in [1.807, 2.05) is 24.3 Å². The fourth-order valence-electron chi connectivity index (χ4n) is 4.20. The van der Waals surface area contributed by atoms with Crippen molar-refractivity contribution in [2.24, 2.45) is 0 Å². The van der Waals surface area contributed by atoms with Crippen LogP contribution in [-0.2, 0) is 29.6 Å². The van der Waals surface area contributed by atoms with Gasteiger partial charge in [0.15, 0.2) is 0 Å². The number of rotatable bonds is 12. The van der Waals surface area contributed by atoms with Crippen molar-refractivity contribution in [3.8, 4) is 0 Å². The van der Waals surface area contributed by atoms with Crippen LogP contribution >= 0.6 is 11.3 Å². The lowest BCUT2D eigenvalue weighted by Crippen LogP contribution is -2.29. The van der Waals surface area contributed by atoms with Gasteiger partial charge in [-0.1, -0.05) is 79.7 Å². The molecule has 1 unspecified atom stereocenters. The van der Waals surface area contributed by atoms with Crippen molar-refractivity contribution in [3.63, 3.8) is 0 Å². The van der Waals surface area contributed by atoms with E-state index in [0.29, 0.717) is 18.0 Å². The molecule has 3 aromatic carbocycles. The third-order valence-electron chi connectivity index (χ3n) is 6.08. The Morgan fingerprint density at radius 2 is 1.53 bits per heavy atom. The highest BCUT2D eigenvalue weighted by Crippen LogP contribution is 2.26. The lowest BCUT2D eigenvalue weighted by atomic mass is 9.91. The second-order valence-corrected chi connectivity index (χ2v) is 10.8. The van der Waals surface area contributed by atoms with Crippen LogP contribution in [0.1, 0.15) is 46.3 Å². The van der Waals surface area contributed by atoms with Crippen LogP contribution < -0.4 is 10.0 Å². The summed E-state index contributed by atoms with van der Waals surface area (Å²) in [7, 11) is -4.30. The molecule has 4 rings (SSSR count). The molecule has 6 nitrogen and oxygen atoms in total. The number of thiazole rings is 1. The number of anilines is 1. The maximum absolute atomic E-state index is 11.1. The number of nitrogens with one attached hydrogen (secondary N) is 2. The molecule has 0 aliphatic heterocycles. The fourth-order valence-corrected chi connectivity index (χ4v) is 5.61. The zero-order valence-corrected chi connectivity index (χ0v) is 21.8. The van der Waals surface area contributed by atoms with Gasteiger partial charge in [0.2, 0.25) is 0 Å². The molecule has 3 N–H and O–H groups in total. The van der Waals surface area contributed by atoms with E-state index in [0.717, 1.165) is 35.7 Å². The molecule has 0 fully saturated rings. The molecular weight excluding hydrogens is 490 g/mol. The molecule has 0 radical (unpaired) electrons. The SMILES string of the molecule is CCc1csc([C@H](Cc2ccc(NS(=O)(=O)O)cc2)NCC(Cc2ccccc2)c2ccccc2)n1. The topological polar surface area (TPSA) is 91.3 Å². The van der Waals surface area contributed by atoms with Gasteiger partial charge in [-0.3, -0.25) is 9.27 Å². The van der Waals surface area contributed by atoms with Crippen LogP contribution in [0, 0.1) is 0 Å². The summed E-state index contributed by atoms with van der Waals surface area (Å²) in [4.78, 5) is 4.86. The predicted octanol–water partition coefficient (Wildman–Crippen LogP) is 5.82. The van der Waals surface area contributed by atoms with Crippen LogP contribution in [0.25, 0.3) is 0 Å². The zero-order valence-electron chi connectivity index (χ0n) is 20.2. The summed E-state index contributed by atoms with van der Waals surface area (Å²) < 4.78 is 33.3. The lowest BCUT2D eigenvalue weighted by Gasteiger charge is -2.23. The van der Waals surface area contributed by atoms with Crippen LogP contribution in [0.5, 0.6) is 0 Å². The van der Waals surface area contributed by atoms with E-state index in [1.54, 1.807) is 23.5 Å². The van der Waals surface area contributed by atoms with Crippen molar-refractivity contribution in [2.45, 2.75) is 38.1 Å². The molecule has 0 saturated carbocycles. The average Bonchev–Trinajstić information content (AvgIpc) is 3.36. The van der Waals surface area contributed by atoms with Gasteiger partial charge in [-0.15, -0.1) is 11.3 Å². The molecule has 1 heterocycles. The molecular formula is C28H31N3O3S2. The van der Waals surface area contributed by atoms with Gasteiger partial charge in [-0.05, 0) is 48.1 Å². The highest BCUT2D eigenvalue weighted by atomic mass is 32.2. The van der Waals surface area contributed by atoms with E-state index < -0.39 is 10.3 Å². The van der Waals surface area contributed by atoms with Crippen LogP contribution in [0.3, 0.4) is 0 Å². The Morgan fingerprint density at radius 3 is 2.14 bits per heavy atom. The maximum Gasteiger partial charge on any atom is 0.357 e. The van der Waals surface area contributed by atoms with Gasteiger partial charge in [0.25, 0.3) is 0 Å². The molecule has 0 amide bonds. The van der Waals surface area contributed by atoms with E-state index in [1.165, 1.54) is 11.1 Å². The fraction of sp³-hybridized carbons (Fsp3) is 0.250. The highest BCUT2D eigenvalue weighted by Gasteiger charge is 2.20. The van der Waals surface area contributed by atoms with Crippen LogP contribution in [0.15, 0.2) is 90.3 Å². The van der Waals surface area contributed by atoms with E-state index in [4.69, 9.17) is 9.54 Å². The van der Waals surface area contributed by atoms with E-state index in [9.17, 15) is 8.42 Å². The first kappa shape index (κ1) is 26.0. The molecule has 1 aromatic heterocycles. The number of aromatic nitrogens is 1. The first-order valence-electron chi connectivity index (χ1n) is 12.0. The van der Waals surface area contributed by atoms with E-state index in [-0.39, 0.29) is 6.04 Å². The van der Waals surface area contributed by atoms with Crippen molar-refractivity contribution < 1.29 is 13.0 Å². The minimum atomic E-state index is -4.30. The molecule has 8 heteroatoms. The van der Waals surface area contributed by atoms with Crippen molar-refractivity contribution in [3.05, 3.63) is 118 Å². The molecule has 0 saturated heterocycles. The molecule has 0 aliphatic carbocycles. The van der Waals surface area contributed by atoms with Crippen molar-refractivity contribution >= 4 is 27.3 Å². The third kappa shape index (κ3) is 7.73. The predicted molar refractivity (Wildman–Crippen MR) is 147 cm³/mol. The number of hydrogen-bond donors (Lipinski definition) is 3. The summed E-state index contributed by atoms with van der Waals surface area (Å²) in [5.74, 6) is 0.294. The minimum absolute atomic E-state index is 0.0117. The Bertz CT molecular complexity index is 1330. The van der Waals surface area contributed by atoms with E-state index in [2.05, 4.69) is 70.9 Å². The van der Waals surface area contributed by atoms with Crippen molar-refractivity contribution in [1.82, 2.24) is 10.3 Å². The largest absolute Gasteiger partial charge is 0.357 e. The summed E-state index contributed by atoms with van der Waals surface area (Å²) in [6.45, 7) is 2.89. The molecule has 188 valence electrons. The van der Waals surface area contributed by atoms with Crippen LogP contribution in [0.4, 0.5) is 5.69 Å². The summed E-state index contributed by atoms with van der Waals surface area (Å²) in [6, 6.07) is 28.2. The van der Waals surface area contributed by atoms with Gasteiger partial charge in [-0.2, -0.15) is 8.42 Å². The first-order chi connectivity index (χ1) is 17.4. The van der Waals surface area contributed by atoms with Crippen molar-refractivity contribution in [1.29, 1.82) is 0 Å². The number of aryl methyl sites for hydroxylation is 1. The van der Waals surface area contributed by atoms with Gasteiger partial charge in [-0.25, -0.2) is 4.98 Å². The summed E-state index contributed by atoms with van der Waals surface area (Å²) in [5.41, 5.74) is 5.04. The zero-order chi connectivity index (χ0) is 25.4. The second-order valence-electron chi connectivity index (χ2n) is 8.77. The Balaban J connectivity index is 1.54.